The van der Waals surface area contributed by atoms with Gasteiger partial charge in [0.1, 0.15) is 18.1 Å². The van der Waals surface area contributed by atoms with Gasteiger partial charge < -0.3 is 36.9 Å². The summed E-state index contributed by atoms with van der Waals surface area (Å²) in [7, 11) is 0. The fourth-order valence-electron chi connectivity index (χ4n) is 2.65. The van der Waals surface area contributed by atoms with Crippen LogP contribution < -0.4 is 21.7 Å². The second-order valence-corrected chi connectivity index (χ2v) is 7.77. The van der Waals surface area contributed by atoms with E-state index in [1.807, 2.05) is 6.26 Å². The third-order valence-electron chi connectivity index (χ3n) is 4.32. The van der Waals surface area contributed by atoms with Crippen molar-refractivity contribution in [2.45, 2.75) is 43.8 Å². The molecular formula is C18H28N6O7S. The molecule has 1 aromatic rings. The molecule has 0 bridgehead atoms. The Kier molecular flexibility index (Phi) is 11.8. The Morgan fingerprint density at radius 1 is 1.06 bits per heavy atom. The molecule has 1 aromatic heterocycles. The van der Waals surface area contributed by atoms with Crippen LogP contribution in [0.2, 0.25) is 0 Å². The lowest BCUT2D eigenvalue weighted by molar-refractivity contribution is -0.143. The van der Waals surface area contributed by atoms with Crippen molar-refractivity contribution in [3.63, 3.8) is 0 Å². The summed E-state index contributed by atoms with van der Waals surface area (Å²) in [5, 5.41) is 25.4. The number of H-pyrrole nitrogens is 1. The zero-order valence-electron chi connectivity index (χ0n) is 17.5. The van der Waals surface area contributed by atoms with E-state index in [-0.39, 0.29) is 25.8 Å². The number of imidazole rings is 1. The van der Waals surface area contributed by atoms with E-state index in [1.54, 1.807) is 0 Å². The van der Waals surface area contributed by atoms with E-state index >= 15 is 0 Å². The third kappa shape index (κ3) is 9.78. The van der Waals surface area contributed by atoms with Gasteiger partial charge in [-0.3, -0.25) is 19.2 Å². The van der Waals surface area contributed by atoms with Gasteiger partial charge in [0, 0.05) is 24.7 Å². The van der Waals surface area contributed by atoms with Crippen molar-refractivity contribution >= 4 is 41.4 Å². The fraction of sp³-hybridized carbons (Fsp3) is 0.556. The lowest BCUT2D eigenvalue weighted by Gasteiger charge is -2.24. The average molecular weight is 473 g/mol. The second kappa shape index (κ2) is 14.0. The number of aromatic amines is 1. The van der Waals surface area contributed by atoms with E-state index in [9.17, 15) is 29.1 Å². The number of amides is 3. The monoisotopic (exact) mass is 472 g/mol. The summed E-state index contributed by atoms with van der Waals surface area (Å²) >= 11 is 1.46. The standard InChI is InChI=1S/C18H28N6O7S/c1-32-5-4-11(22-14(25)7-19)16(28)24-13(6-10-8-20-9-21-10)17(29)23-12(18(30)31)2-3-15(26)27/h8-9,11-13H,2-7,19H2,1H3,(H,20,21)(H,22,25)(H,23,29)(H,24,28)(H,26,27)(H,30,31). The Balaban J connectivity index is 2.98. The lowest BCUT2D eigenvalue weighted by Crippen LogP contribution is -2.57. The molecule has 3 amide bonds. The molecule has 0 aliphatic heterocycles. The molecular weight excluding hydrogens is 444 g/mol. The number of nitrogens with zero attached hydrogens (tertiary/aromatic N) is 1. The van der Waals surface area contributed by atoms with Crippen molar-refractivity contribution in [3.05, 3.63) is 18.2 Å². The molecule has 3 atom stereocenters. The van der Waals surface area contributed by atoms with Crippen LogP contribution in [0.25, 0.3) is 0 Å². The van der Waals surface area contributed by atoms with E-state index < -0.39 is 54.2 Å². The number of rotatable bonds is 15. The van der Waals surface area contributed by atoms with Gasteiger partial charge in [-0.05, 0) is 24.9 Å². The van der Waals surface area contributed by atoms with Gasteiger partial charge in [-0.2, -0.15) is 11.8 Å². The van der Waals surface area contributed by atoms with Crippen LogP contribution >= 0.6 is 11.8 Å². The highest BCUT2D eigenvalue weighted by atomic mass is 32.2. The number of nitrogens with two attached hydrogens (primary N) is 1. The van der Waals surface area contributed by atoms with E-state index in [0.29, 0.717) is 11.4 Å². The Morgan fingerprint density at radius 2 is 1.72 bits per heavy atom. The van der Waals surface area contributed by atoms with Crippen molar-refractivity contribution in [2.75, 3.05) is 18.6 Å². The predicted molar refractivity (Wildman–Crippen MR) is 115 cm³/mol. The molecule has 0 radical (unpaired) electrons. The van der Waals surface area contributed by atoms with Crippen molar-refractivity contribution in [1.82, 2.24) is 25.9 Å². The minimum absolute atomic E-state index is 0.0388. The maximum Gasteiger partial charge on any atom is 0.326 e. The van der Waals surface area contributed by atoms with Gasteiger partial charge in [0.15, 0.2) is 0 Å². The number of hydrogen-bond donors (Lipinski definition) is 7. The first-order valence-corrected chi connectivity index (χ1v) is 11.1. The molecule has 0 fully saturated rings. The summed E-state index contributed by atoms with van der Waals surface area (Å²) in [5.74, 6) is -4.06. The highest BCUT2D eigenvalue weighted by Gasteiger charge is 2.30. The maximum absolute atomic E-state index is 12.8. The van der Waals surface area contributed by atoms with Crippen LogP contribution in [0, 0.1) is 0 Å². The van der Waals surface area contributed by atoms with Crippen LogP contribution in [0.4, 0.5) is 0 Å². The number of hydrogen-bond acceptors (Lipinski definition) is 8. The number of thioether (sulfide) groups is 1. The van der Waals surface area contributed by atoms with Gasteiger partial charge in [-0.1, -0.05) is 0 Å². The summed E-state index contributed by atoms with van der Waals surface area (Å²) in [4.78, 5) is 66.1. The molecule has 14 heteroatoms. The summed E-state index contributed by atoms with van der Waals surface area (Å²) < 4.78 is 0. The summed E-state index contributed by atoms with van der Waals surface area (Å²) in [6.45, 7) is -0.315. The zero-order valence-corrected chi connectivity index (χ0v) is 18.3. The SMILES string of the molecule is CSCCC(NC(=O)CN)C(=O)NC(Cc1cnc[nH]1)C(=O)NC(CCC(=O)O)C(=O)O. The molecule has 0 aromatic carbocycles. The number of aliphatic carboxylic acids is 2. The first-order chi connectivity index (χ1) is 15.2. The fourth-order valence-corrected chi connectivity index (χ4v) is 3.12. The van der Waals surface area contributed by atoms with Gasteiger partial charge in [0.05, 0.1) is 12.9 Å². The van der Waals surface area contributed by atoms with Crippen molar-refractivity contribution in [3.8, 4) is 0 Å². The average Bonchev–Trinajstić information content (AvgIpc) is 3.25. The van der Waals surface area contributed by atoms with Crippen molar-refractivity contribution in [2.24, 2.45) is 5.73 Å². The van der Waals surface area contributed by atoms with Crippen LogP contribution in [-0.4, -0.2) is 86.5 Å². The third-order valence-corrected chi connectivity index (χ3v) is 4.97. The van der Waals surface area contributed by atoms with Crippen LogP contribution in [0.1, 0.15) is 25.0 Å². The smallest absolute Gasteiger partial charge is 0.326 e. The first kappa shape index (κ1) is 26.9. The molecule has 13 nitrogen and oxygen atoms in total. The van der Waals surface area contributed by atoms with Gasteiger partial charge in [-0.25, -0.2) is 9.78 Å². The number of carbonyl (C=O) groups is 5. The topological polar surface area (TPSA) is 217 Å². The number of carboxylic acids is 2. The van der Waals surface area contributed by atoms with Crippen LogP contribution in [0.15, 0.2) is 12.5 Å². The normalized spacial score (nSPS) is 13.4. The van der Waals surface area contributed by atoms with Crippen molar-refractivity contribution in [1.29, 1.82) is 0 Å². The van der Waals surface area contributed by atoms with Crippen LogP contribution in [0.3, 0.4) is 0 Å². The maximum atomic E-state index is 12.8. The molecule has 32 heavy (non-hydrogen) atoms. The number of carbonyl (C=O) groups excluding carboxylic acids is 3. The molecule has 0 aliphatic carbocycles. The first-order valence-electron chi connectivity index (χ1n) is 9.68. The zero-order chi connectivity index (χ0) is 24.1. The lowest BCUT2D eigenvalue weighted by atomic mass is 10.1. The summed E-state index contributed by atoms with van der Waals surface area (Å²) in [6, 6.07) is -3.61. The van der Waals surface area contributed by atoms with E-state index in [2.05, 4.69) is 25.9 Å². The molecule has 0 aliphatic rings. The Hall–Kier alpha value is -3.13. The molecule has 178 valence electrons. The number of carboxylic acid groups (broad SMARTS) is 2. The molecule has 0 spiro atoms. The van der Waals surface area contributed by atoms with Gasteiger partial charge >= 0.3 is 11.9 Å². The minimum Gasteiger partial charge on any atom is -0.481 e. The molecule has 1 heterocycles. The van der Waals surface area contributed by atoms with Crippen LogP contribution in [-0.2, 0) is 30.4 Å². The van der Waals surface area contributed by atoms with Crippen LogP contribution in [0.5, 0.6) is 0 Å². The molecule has 0 saturated carbocycles. The van der Waals surface area contributed by atoms with Gasteiger partial charge in [0.25, 0.3) is 0 Å². The Labute approximate surface area is 188 Å². The second-order valence-electron chi connectivity index (χ2n) is 6.78. The van der Waals surface area contributed by atoms with Crippen molar-refractivity contribution < 1.29 is 34.2 Å². The number of aromatic nitrogens is 2. The highest BCUT2D eigenvalue weighted by Crippen LogP contribution is 2.06. The predicted octanol–water partition coefficient (Wildman–Crippen LogP) is -1.93. The largest absolute Gasteiger partial charge is 0.481 e. The molecule has 3 unspecified atom stereocenters. The van der Waals surface area contributed by atoms with E-state index in [4.69, 9.17) is 10.8 Å². The molecule has 1 rings (SSSR count). The van der Waals surface area contributed by atoms with E-state index in [1.165, 1.54) is 24.3 Å². The van der Waals surface area contributed by atoms with Gasteiger partial charge in [-0.15, -0.1) is 0 Å². The Bertz CT molecular complexity index is 789. The van der Waals surface area contributed by atoms with Gasteiger partial charge in [0.2, 0.25) is 17.7 Å². The Morgan fingerprint density at radius 3 is 2.25 bits per heavy atom. The highest BCUT2D eigenvalue weighted by molar-refractivity contribution is 7.98. The minimum atomic E-state index is -1.45. The summed E-state index contributed by atoms with van der Waals surface area (Å²) in [5.41, 5.74) is 5.80. The molecule has 0 saturated heterocycles. The molecule has 8 N–H and O–H groups in total. The quantitative estimate of drug-likeness (QED) is 0.150. The summed E-state index contributed by atoms with van der Waals surface area (Å²) in [6.07, 6.45) is 4.10. The number of nitrogens with one attached hydrogen (secondary N) is 4. The van der Waals surface area contributed by atoms with E-state index in [0.717, 1.165) is 0 Å².